The van der Waals surface area contributed by atoms with Crippen LogP contribution in [0, 0.1) is 5.92 Å². The van der Waals surface area contributed by atoms with Gasteiger partial charge < -0.3 is 34.5 Å². The van der Waals surface area contributed by atoms with Crippen molar-refractivity contribution in [3.05, 3.63) is 36.4 Å². The fourth-order valence-electron chi connectivity index (χ4n) is 3.61. The fraction of sp³-hybridized carbons (Fsp3) is 0.333. The molecule has 2 aliphatic rings. The van der Waals surface area contributed by atoms with Crippen LogP contribution >= 0.6 is 0 Å². The van der Waals surface area contributed by atoms with Crippen LogP contribution in [0.15, 0.2) is 36.4 Å². The van der Waals surface area contributed by atoms with Gasteiger partial charge >= 0.3 is 6.03 Å². The lowest BCUT2D eigenvalue weighted by Crippen LogP contribution is -2.34. The van der Waals surface area contributed by atoms with Gasteiger partial charge in [-0.1, -0.05) is 6.07 Å². The molecule has 0 aliphatic carbocycles. The van der Waals surface area contributed by atoms with E-state index in [0.717, 1.165) is 5.69 Å². The predicted octanol–water partition coefficient (Wildman–Crippen LogP) is 2.61. The van der Waals surface area contributed by atoms with Gasteiger partial charge in [0.2, 0.25) is 12.7 Å². The number of nitrogens with zero attached hydrogens (tertiary/aromatic N) is 1. The maximum Gasteiger partial charge on any atom is 0.319 e. The normalized spacial score (nSPS) is 17.1. The van der Waals surface area contributed by atoms with Gasteiger partial charge in [0.25, 0.3) is 0 Å². The van der Waals surface area contributed by atoms with Gasteiger partial charge in [-0.05, 0) is 24.3 Å². The molecule has 2 aromatic carbocycles. The first-order valence-electron chi connectivity index (χ1n) is 9.55. The Bertz CT molecular complexity index is 964. The van der Waals surface area contributed by atoms with Gasteiger partial charge in [0.1, 0.15) is 0 Å². The van der Waals surface area contributed by atoms with E-state index in [1.807, 2.05) is 6.07 Å². The highest BCUT2D eigenvalue weighted by Crippen LogP contribution is 2.37. The molecule has 0 saturated carbocycles. The van der Waals surface area contributed by atoms with Crippen molar-refractivity contribution >= 4 is 23.3 Å². The van der Waals surface area contributed by atoms with Crippen LogP contribution in [0.4, 0.5) is 16.2 Å². The first-order valence-corrected chi connectivity index (χ1v) is 9.55. The van der Waals surface area contributed by atoms with E-state index >= 15 is 0 Å². The number of nitrogens with one attached hydrogen (secondary N) is 2. The SMILES string of the molecule is COc1cccc(NC(=O)NC[C@@H]2CC(=O)N(c3ccc4c(c3)OCO4)C2)c1OC. The van der Waals surface area contributed by atoms with Crippen molar-refractivity contribution in [2.75, 3.05) is 44.3 Å². The van der Waals surface area contributed by atoms with E-state index in [0.29, 0.717) is 48.2 Å². The van der Waals surface area contributed by atoms with E-state index in [-0.39, 0.29) is 24.6 Å². The zero-order chi connectivity index (χ0) is 21.1. The number of methoxy groups -OCH3 is 2. The third-order valence-corrected chi connectivity index (χ3v) is 5.08. The molecule has 2 heterocycles. The topological polar surface area (TPSA) is 98.4 Å². The Morgan fingerprint density at radius 2 is 2.00 bits per heavy atom. The van der Waals surface area contributed by atoms with E-state index in [1.54, 1.807) is 35.2 Å². The van der Waals surface area contributed by atoms with Crippen LogP contribution in [0.2, 0.25) is 0 Å². The number of carbonyl (C=O) groups excluding carboxylic acids is 2. The highest BCUT2D eigenvalue weighted by molar-refractivity contribution is 5.96. The Morgan fingerprint density at radius 1 is 1.17 bits per heavy atom. The lowest BCUT2D eigenvalue weighted by Gasteiger charge is -2.18. The number of rotatable bonds is 6. The van der Waals surface area contributed by atoms with Crippen LogP contribution in [-0.2, 0) is 4.79 Å². The fourth-order valence-corrected chi connectivity index (χ4v) is 3.61. The van der Waals surface area contributed by atoms with Gasteiger partial charge in [0.15, 0.2) is 23.0 Å². The van der Waals surface area contributed by atoms with Crippen LogP contribution in [0.1, 0.15) is 6.42 Å². The minimum Gasteiger partial charge on any atom is -0.493 e. The number of fused-ring (bicyclic) bond motifs is 1. The highest BCUT2D eigenvalue weighted by Gasteiger charge is 2.31. The van der Waals surface area contributed by atoms with Crippen LogP contribution in [-0.4, -0.2) is 46.0 Å². The van der Waals surface area contributed by atoms with E-state index < -0.39 is 0 Å². The van der Waals surface area contributed by atoms with Crippen LogP contribution in [0.5, 0.6) is 23.0 Å². The van der Waals surface area contributed by atoms with Crippen molar-refractivity contribution in [1.82, 2.24) is 5.32 Å². The van der Waals surface area contributed by atoms with Crippen molar-refractivity contribution in [2.24, 2.45) is 5.92 Å². The summed E-state index contributed by atoms with van der Waals surface area (Å²) in [6.07, 6.45) is 0.358. The highest BCUT2D eigenvalue weighted by atomic mass is 16.7. The molecule has 0 radical (unpaired) electrons. The molecule has 158 valence electrons. The lowest BCUT2D eigenvalue weighted by atomic mass is 10.1. The molecule has 0 bridgehead atoms. The van der Waals surface area contributed by atoms with Crippen LogP contribution in [0.25, 0.3) is 0 Å². The molecule has 2 aromatic rings. The summed E-state index contributed by atoms with van der Waals surface area (Å²) in [6, 6.07) is 10.3. The molecule has 0 unspecified atom stereocenters. The average molecular weight is 413 g/mol. The largest absolute Gasteiger partial charge is 0.493 e. The van der Waals surface area contributed by atoms with Crippen molar-refractivity contribution in [3.8, 4) is 23.0 Å². The first-order chi connectivity index (χ1) is 14.6. The Balaban J connectivity index is 1.34. The number of carbonyl (C=O) groups is 2. The Hall–Kier alpha value is -3.62. The molecular weight excluding hydrogens is 390 g/mol. The van der Waals surface area contributed by atoms with Crippen molar-refractivity contribution in [1.29, 1.82) is 0 Å². The number of hydrogen-bond donors (Lipinski definition) is 2. The summed E-state index contributed by atoms with van der Waals surface area (Å²) >= 11 is 0. The van der Waals surface area contributed by atoms with Crippen LogP contribution in [0.3, 0.4) is 0 Å². The predicted molar refractivity (Wildman–Crippen MR) is 110 cm³/mol. The first kappa shape index (κ1) is 19.7. The summed E-state index contributed by atoms with van der Waals surface area (Å²) < 4.78 is 21.3. The standard InChI is InChI=1S/C21H23N3O6/c1-27-17-5-3-4-15(20(17)28-2)23-21(26)22-10-13-8-19(25)24(11-13)14-6-7-16-18(9-14)30-12-29-16/h3-7,9,13H,8,10-12H2,1-2H3,(H2,22,23,26)/t13-/m0/s1. The summed E-state index contributed by atoms with van der Waals surface area (Å²) in [5, 5.41) is 5.58. The molecule has 0 aromatic heterocycles. The third kappa shape index (κ3) is 3.91. The van der Waals surface area contributed by atoms with Gasteiger partial charge in [-0.3, -0.25) is 4.79 Å². The number of anilines is 2. The molecule has 3 amide bonds. The second-order valence-corrected chi connectivity index (χ2v) is 6.99. The molecule has 0 spiro atoms. The van der Waals surface area contributed by atoms with Crippen molar-refractivity contribution < 1.29 is 28.5 Å². The van der Waals surface area contributed by atoms with E-state index in [4.69, 9.17) is 18.9 Å². The molecule has 1 fully saturated rings. The molecule has 2 aliphatic heterocycles. The zero-order valence-electron chi connectivity index (χ0n) is 16.8. The Labute approximate surface area is 173 Å². The van der Waals surface area contributed by atoms with Crippen molar-refractivity contribution in [2.45, 2.75) is 6.42 Å². The van der Waals surface area contributed by atoms with Gasteiger partial charge in [-0.25, -0.2) is 4.79 Å². The zero-order valence-corrected chi connectivity index (χ0v) is 16.8. The molecule has 2 N–H and O–H groups in total. The molecular formula is C21H23N3O6. The van der Waals surface area contributed by atoms with E-state index in [9.17, 15) is 9.59 Å². The van der Waals surface area contributed by atoms with Crippen LogP contribution < -0.4 is 34.5 Å². The average Bonchev–Trinajstić information content (AvgIpc) is 3.37. The molecule has 1 atom stereocenters. The summed E-state index contributed by atoms with van der Waals surface area (Å²) in [5.74, 6) is 2.29. The van der Waals surface area contributed by atoms with Gasteiger partial charge in [-0.15, -0.1) is 0 Å². The van der Waals surface area contributed by atoms with Gasteiger partial charge in [0, 0.05) is 37.2 Å². The second-order valence-electron chi connectivity index (χ2n) is 6.99. The molecule has 9 heteroatoms. The van der Waals surface area contributed by atoms with Gasteiger partial charge in [0.05, 0.1) is 19.9 Å². The van der Waals surface area contributed by atoms with Crippen molar-refractivity contribution in [3.63, 3.8) is 0 Å². The lowest BCUT2D eigenvalue weighted by molar-refractivity contribution is -0.117. The summed E-state index contributed by atoms with van der Waals surface area (Å²) in [4.78, 5) is 26.5. The maximum absolute atomic E-state index is 12.5. The number of amides is 3. The third-order valence-electron chi connectivity index (χ3n) is 5.08. The quantitative estimate of drug-likeness (QED) is 0.756. The second kappa shape index (κ2) is 8.40. The minimum absolute atomic E-state index is 0.000813. The number of benzene rings is 2. The summed E-state index contributed by atoms with van der Waals surface area (Å²) in [5.41, 5.74) is 1.26. The monoisotopic (exact) mass is 413 g/mol. The number of hydrogen-bond acceptors (Lipinski definition) is 6. The maximum atomic E-state index is 12.5. The molecule has 30 heavy (non-hydrogen) atoms. The molecule has 4 rings (SSSR count). The number of ether oxygens (including phenoxy) is 4. The smallest absolute Gasteiger partial charge is 0.319 e. The van der Waals surface area contributed by atoms with E-state index in [2.05, 4.69) is 10.6 Å². The summed E-state index contributed by atoms with van der Waals surface area (Å²) in [6.45, 7) is 1.07. The number of urea groups is 1. The minimum atomic E-state index is -0.379. The Kier molecular flexibility index (Phi) is 5.51. The molecule has 9 nitrogen and oxygen atoms in total. The summed E-state index contributed by atoms with van der Waals surface area (Å²) in [7, 11) is 3.04. The Morgan fingerprint density at radius 3 is 2.80 bits per heavy atom. The number of para-hydroxylation sites is 1. The van der Waals surface area contributed by atoms with E-state index in [1.165, 1.54) is 14.2 Å². The van der Waals surface area contributed by atoms with Gasteiger partial charge in [-0.2, -0.15) is 0 Å². The molecule has 1 saturated heterocycles.